The van der Waals surface area contributed by atoms with E-state index in [1.807, 2.05) is 52.0 Å². The van der Waals surface area contributed by atoms with Gasteiger partial charge in [-0.15, -0.1) is 0 Å². The zero-order chi connectivity index (χ0) is 24.7. The van der Waals surface area contributed by atoms with Crippen molar-refractivity contribution in [2.75, 3.05) is 5.32 Å². The van der Waals surface area contributed by atoms with E-state index in [1.54, 1.807) is 12.4 Å². The molecule has 172 valence electrons. The van der Waals surface area contributed by atoms with Crippen LogP contribution in [0.4, 0.5) is 5.82 Å². The molecular formula is C27H40BN3O. The van der Waals surface area contributed by atoms with Crippen molar-refractivity contribution < 1.29 is 4.79 Å². The van der Waals surface area contributed by atoms with Gasteiger partial charge in [0.1, 0.15) is 5.82 Å². The van der Waals surface area contributed by atoms with E-state index in [0.717, 1.165) is 46.0 Å². The summed E-state index contributed by atoms with van der Waals surface area (Å²) in [6, 6.07) is 3.82. The predicted molar refractivity (Wildman–Crippen MR) is 142 cm³/mol. The number of fused-ring (bicyclic) bond motifs is 1. The number of allylic oxidation sites excluding steroid dienone is 5. The average Bonchev–Trinajstić information content (AvgIpc) is 2.76. The van der Waals surface area contributed by atoms with Gasteiger partial charge in [-0.1, -0.05) is 84.0 Å². The van der Waals surface area contributed by atoms with Crippen LogP contribution in [0, 0.1) is 0 Å². The minimum absolute atomic E-state index is 0.0241. The zero-order valence-electron chi connectivity index (χ0n) is 21.2. The predicted octanol–water partition coefficient (Wildman–Crippen LogP) is 7.69. The van der Waals surface area contributed by atoms with Crippen LogP contribution in [0.3, 0.4) is 0 Å². The quantitative estimate of drug-likeness (QED) is 0.360. The van der Waals surface area contributed by atoms with Gasteiger partial charge >= 0.3 is 0 Å². The normalized spacial score (nSPS) is 12.1. The molecule has 0 saturated carbocycles. The first-order valence-electron chi connectivity index (χ1n) is 11.6. The van der Waals surface area contributed by atoms with E-state index in [0.29, 0.717) is 5.82 Å². The summed E-state index contributed by atoms with van der Waals surface area (Å²) in [5.41, 5.74) is 3.90. The highest BCUT2D eigenvalue weighted by Gasteiger charge is 2.09. The van der Waals surface area contributed by atoms with E-state index in [9.17, 15) is 4.79 Å². The summed E-state index contributed by atoms with van der Waals surface area (Å²) in [5, 5.41) is 4.57. The Labute approximate surface area is 196 Å². The summed E-state index contributed by atoms with van der Waals surface area (Å²) in [5.74, 6) is 0.349. The fourth-order valence-corrected chi connectivity index (χ4v) is 2.97. The van der Waals surface area contributed by atoms with Crippen LogP contribution in [-0.4, -0.2) is 23.7 Å². The minimum Gasteiger partial charge on any atom is -0.311 e. The van der Waals surface area contributed by atoms with E-state index in [2.05, 4.69) is 42.6 Å². The van der Waals surface area contributed by atoms with Crippen molar-refractivity contribution in [2.24, 2.45) is 0 Å². The molecule has 0 aliphatic carbocycles. The third-order valence-corrected chi connectivity index (χ3v) is 4.37. The second-order valence-corrected chi connectivity index (χ2v) is 7.37. The number of pyridine rings is 2. The van der Waals surface area contributed by atoms with Crippen molar-refractivity contribution in [1.29, 1.82) is 0 Å². The Bertz CT molecular complexity index is 932. The zero-order valence-corrected chi connectivity index (χ0v) is 21.2. The smallest absolute Gasteiger partial charge is 0.222 e. The summed E-state index contributed by atoms with van der Waals surface area (Å²) in [7, 11) is 6.16. The molecule has 2 aromatic rings. The van der Waals surface area contributed by atoms with Crippen molar-refractivity contribution in [1.82, 2.24) is 9.97 Å². The monoisotopic (exact) mass is 433 g/mol. The molecule has 5 heteroatoms. The van der Waals surface area contributed by atoms with Gasteiger partial charge < -0.3 is 5.32 Å². The second kappa shape index (κ2) is 16.0. The first-order chi connectivity index (χ1) is 15.3. The van der Waals surface area contributed by atoms with Crippen molar-refractivity contribution in [3.05, 3.63) is 60.1 Å². The molecule has 4 nitrogen and oxygen atoms in total. The van der Waals surface area contributed by atoms with Gasteiger partial charge in [0.2, 0.25) is 5.91 Å². The Morgan fingerprint density at radius 1 is 1.12 bits per heavy atom. The Balaban J connectivity index is 0.00000177. The van der Waals surface area contributed by atoms with E-state index in [1.165, 1.54) is 13.3 Å². The molecule has 0 bridgehead atoms. The van der Waals surface area contributed by atoms with Gasteiger partial charge in [0.25, 0.3) is 0 Å². The standard InChI is InChI=1S/C22H26BN3O.C3H8.C2H6/c1-6-8-20(23)15(4)9-14(3)19(7-2)21-10-17-13-25-22(26-16(5)27)11-18(17)12-24-21;1-3-2;1-2/h7,9-13,20H,4,6,8H2,1-3,5H3,(H,25,26,27);3H2,1-2H3;1-2H3/b14-9-,19-7+;;. The van der Waals surface area contributed by atoms with Crippen LogP contribution in [0.2, 0.25) is 5.82 Å². The van der Waals surface area contributed by atoms with Gasteiger partial charge in [0.05, 0.1) is 13.5 Å². The van der Waals surface area contributed by atoms with Crippen LogP contribution >= 0.6 is 0 Å². The number of nitrogens with one attached hydrogen (secondary N) is 1. The highest BCUT2D eigenvalue weighted by atomic mass is 16.1. The lowest BCUT2D eigenvalue weighted by atomic mass is 9.77. The van der Waals surface area contributed by atoms with Gasteiger partial charge in [-0.2, -0.15) is 0 Å². The van der Waals surface area contributed by atoms with Gasteiger partial charge in [0.15, 0.2) is 0 Å². The van der Waals surface area contributed by atoms with Gasteiger partial charge in [-0.05, 0) is 37.1 Å². The van der Waals surface area contributed by atoms with Gasteiger partial charge in [0, 0.05) is 30.1 Å². The van der Waals surface area contributed by atoms with E-state index in [4.69, 9.17) is 7.85 Å². The highest BCUT2D eigenvalue weighted by molar-refractivity contribution is 6.13. The highest BCUT2D eigenvalue weighted by Crippen LogP contribution is 2.28. The topological polar surface area (TPSA) is 54.9 Å². The number of carbonyl (C=O) groups excluding carboxylic acids is 1. The lowest BCUT2D eigenvalue weighted by Crippen LogP contribution is -2.07. The number of amides is 1. The molecule has 0 spiro atoms. The summed E-state index contributed by atoms with van der Waals surface area (Å²) in [6.07, 6.45) is 10.8. The molecule has 0 aliphatic rings. The Hall–Kier alpha value is -2.69. The summed E-state index contributed by atoms with van der Waals surface area (Å²) in [4.78, 5) is 20.1. The van der Waals surface area contributed by atoms with Crippen molar-refractivity contribution in [3.63, 3.8) is 0 Å². The van der Waals surface area contributed by atoms with E-state index < -0.39 is 0 Å². The molecule has 0 fully saturated rings. The Morgan fingerprint density at radius 3 is 2.22 bits per heavy atom. The number of carbonyl (C=O) groups is 1. The van der Waals surface area contributed by atoms with Crippen LogP contribution in [0.15, 0.2) is 54.4 Å². The van der Waals surface area contributed by atoms with Crippen LogP contribution < -0.4 is 5.32 Å². The number of nitrogens with zero attached hydrogens (tertiary/aromatic N) is 2. The second-order valence-electron chi connectivity index (χ2n) is 7.37. The van der Waals surface area contributed by atoms with E-state index >= 15 is 0 Å². The first kappa shape index (κ1) is 29.3. The largest absolute Gasteiger partial charge is 0.311 e. The van der Waals surface area contributed by atoms with Gasteiger partial charge in [-0.3, -0.25) is 9.78 Å². The SMILES string of the molecule is CC.CCC.[B]C(CCC)C(=C)/C=C(C)\C(=C/C)c1cc2cnc(NC(C)=O)cc2cn1. The maximum absolute atomic E-state index is 11.2. The summed E-state index contributed by atoms with van der Waals surface area (Å²) in [6.45, 7) is 20.0. The third kappa shape index (κ3) is 9.63. The number of hydrogen-bond donors (Lipinski definition) is 1. The molecule has 2 radical (unpaired) electrons. The molecule has 0 aromatic carbocycles. The summed E-state index contributed by atoms with van der Waals surface area (Å²) >= 11 is 0. The van der Waals surface area contributed by atoms with Crippen LogP contribution in [0.25, 0.3) is 16.3 Å². The molecule has 0 aliphatic heterocycles. The molecule has 1 amide bonds. The molecule has 32 heavy (non-hydrogen) atoms. The molecule has 2 rings (SSSR count). The molecule has 1 unspecified atom stereocenters. The van der Waals surface area contributed by atoms with Gasteiger partial charge in [-0.25, -0.2) is 4.98 Å². The molecule has 0 saturated heterocycles. The van der Waals surface area contributed by atoms with Crippen molar-refractivity contribution in [3.8, 4) is 0 Å². The maximum Gasteiger partial charge on any atom is 0.222 e. The minimum atomic E-state index is -0.148. The average molecular weight is 433 g/mol. The lowest BCUT2D eigenvalue weighted by molar-refractivity contribution is -0.114. The third-order valence-electron chi connectivity index (χ3n) is 4.37. The molecule has 2 aromatic heterocycles. The number of anilines is 1. The van der Waals surface area contributed by atoms with Crippen molar-refractivity contribution >= 4 is 35.9 Å². The van der Waals surface area contributed by atoms with Crippen molar-refractivity contribution in [2.45, 2.75) is 80.5 Å². The molecular weight excluding hydrogens is 393 g/mol. The van der Waals surface area contributed by atoms with Crippen LogP contribution in [0.1, 0.15) is 80.3 Å². The fourth-order valence-electron chi connectivity index (χ4n) is 2.97. The Kier molecular flexibility index (Phi) is 14.7. The van der Waals surface area contributed by atoms with E-state index in [-0.39, 0.29) is 11.7 Å². The maximum atomic E-state index is 11.2. The number of hydrogen-bond acceptors (Lipinski definition) is 3. The molecule has 1 N–H and O–H groups in total. The number of rotatable bonds is 7. The number of aromatic nitrogens is 2. The molecule has 1 atom stereocenters. The van der Waals surface area contributed by atoms with Crippen LogP contribution in [0.5, 0.6) is 0 Å². The molecule has 2 heterocycles. The Morgan fingerprint density at radius 2 is 1.69 bits per heavy atom. The fraction of sp³-hybridized carbons (Fsp3) is 0.444. The van der Waals surface area contributed by atoms with Crippen LogP contribution in [-0.2, 0) is 4.79 Å². The lowest BCUT2D eigenvalue weighted by Gasteiger charge is -2.14. The summed E-state index contributed by atoms with van der Waals surface area (Å²) < 4.78 is 0. The first-order valence-corrected chi connectivity index (χ1v) is 11.6.